The summed E-state index contributed by atoms with van der Waals surface area (Å²) in [6, 6.07) is 24.1. The maximum atomic E-state index is 2.57. The molecule has 4 aromatic rings. The molecule has 0 saturated carbocycles. The number of fused-ring (bicyclic) bond motifs is 3. The molecule has 0 N–H and O–H groups in total. The van der Waals surface area contributed by atoms with Crippen molar-refractivity contribution in [3.8, 4) is 0 Å². The molecule has 2 heterocycles. The molecule has 3 heteroatoms. The third-order valence-electron chi connectivity index (χ3n) is 5.78. The van der Waals surface area contributed by atoms with Crippen LogP contribution in [0.1, 0.15) is 35.6 Å². The summed E-state index contributed by atoms with van der Waals surface area (Å²) in [6.07, 6.45) is 8.14. The predicted molar refractivity (Wildman–Crippen MR) is 115 cm³/mol. The van der Waals surface area contributed by atoms with E-state index in [9.17, 15) is 0 Å². The average molecular weight is 377 g/mol. The van der Waals surface area contributed by atoms with Crippen LogP contribution in [0.4, 0.5) is 0 Å². The van der Waals surface area contributed by atoms with Crippen LogP contribution in [0.2, 0.25) is 0 Å². The Hall–Kier alpha value is -2.45. The molecule has 0 aliphatic heterocycles. The van der Waals surface area contributed by atoms with Crippen molar-refractivity contribution in [1.29, 1.82) is 0 Å². The van der Waals surface area contributed by atoms with E-state index in [0.717, 1.165) is 13.1 Å². The van der Waals surface area contributed by atoms with Gasteiger partial charge in [-0.25, -0.2) is 0 Å². The number of hydrogen-bond acceptors (Lipinski definition) is 0. The Morgan fingerprint density at radius 2 is 1.59 bits per heavy atom. The van der Waals surface area contributed by atoms with Crippen molar-refractivity contribution in [3.05, 3.63) is 95.9 Å². The van der Waals surface area contributed by atoms with Gasteiger partial charge in [0.2, 0.25) is 0 Å². The Kier molecular flexibility index (Phi) is 5.09. The van der Waals surface area contributed by atoms with E-state index in [1.54, 1.807) is 11.3 Å². The second kappa shape index (κ2) is 7.66. The van der Waals surface area contributed by atoms with Crippen molar-refractivity contribution in [2.24, 2.45) is 0 Å². The number of hydrogen-bond donors (Lipinski definition) is 0. The molecule has 0 saturated heterocycles. The van der Waals surface area contributed by atoms with Crippen molar-refractivity contribution in [2.45, 2.75) is 38.3 Å². The van der Waals surface area contributed by atoms with E-state index in [0.29, 0.717) is 5.92 Å². The number of nitrogens with zero attached hydrogens (tertiary/aromatic N) is 2. The lowest BCUT2D eigenvalue weighted by atomic mass is 9.85. The molecule has 1 aliphatic rings. The number of aromatic nitrogens is 2. The summed E-state index contributed by atoms with van der Waals surface area (Å²) in [6.45, 7) is 2.05. The quantitative estimate of drug-likeness (QED) is 0.411. The molecule has 138 valence electrons. The summed E-state index contributed by atoms with van der Waals surface area (Å²) in [4.78, 5) is 0. The van der Waals surface area contributed by atoms with Crippen molar-refractivity contribution in [2.75, 3.05) is 0 Å². The standard InChI is InChI=1S/C24H24N2.ClH/c1-2-9-19(10-3-1)17-26-22-13-5-4-12-21(22)24-20(11-8-14-23(24)26)18-25-15-6-7-16-25;/h1-7,9-10,12-13,15-16,20H,8,11,14,17-18H2;1H. The van der Waals surface area contributed by atoms with Gasteiger partial charge in [0.05, 0.1) is 0 Å². The van der Waals surface area contributed by atoms with Crippen molar-refractivity contribution in [3.63, 3.8) is 0 Å². The number of halogens is 1. The second-order valence-corrected chi connectivity index (χ2v) is 7.42. The van der Waals surface area contributed by atoms with Crippen LogP contribution in [0.3, 0.4) is 0 Å². The zero-order valence-corrected chi connectivity index (χ0v) is 16.2. The van der Waals surface area contributed by atoms with Gasteiger partial charge < -0.3 is 9.13 Å². The molecule has 5 rings (SSSR count). The normalized spacial score (nSPS) is 16.1. The lowest BCUT2D eigenvalue weighted by Gasteiger charge is -2.25. The highest BCUT2D eigenvalue weighted by atomic mass is 35.5. The minimum Gasteiger partial charge on any atom is -0.354 e. The van der Waals surface area contributed by atoms with Crippen LogP contribution in [0.15, 0.2) is 79.1 Å². The molecule has 1 aliphatic carbocycles. The van der Waals surface area contributed by atoms with E-state index in [4.69, 9.17) is 0 Å². The third kappa shape index (κ3) is 3.30. The highest BCUT2D eigenvalue weighted by Crippen LogP contribution is 2.40. The fraction of sp³-hybridized carbons (Fsp3) is 0.250. The third-order valence-corrected chi connectivity index (χ3v) is 5.78. The molecule has 27 heavy (non-hydrogen) atoms. The van der Waals surface area contributed by atoms with Gasteiger partial charge in [0.25, 0.3) is 0 Å². The summed E-state index contributed by atoms with van der Waals surface area (Å²) >= 11 is 0. The summed E-state index contributed by atoms with van der Waals surface area (Å²) in [5.74, 6) is 0.605. The summed E-state index contributed by atoms with van der Waals surface area (Å²) < 4.78 is 4.91. The summed E-state index contributed by atoms with van der Waals surface area (Å²) in [5, 5.41) is 1.45. The largest absolute Gasteiger partial charge is 0.354 e. The van der Waals surface area contributed by atoms with Gasteiger partial charge in [-0.05, 0) is 48.6 Å². The minimum atomic E-state index is 0. The van der Waals surface area contributed by atoms with E-state index in [2.05, 4.69) is 88.3 Å². The van der Waals surface area contributed by atoms with Gasteiger partial charge in [-0.1, -0.05) is 48.5 Å². The number of benzene rings is 2. The summed E-state index contributed by atoms with van der Waals surface area (Å²) in [7, 11) is 0. The van der Waals surface area contributed by atoms with Crippen LogP contribution in [-0.4, -0.2) is 9.13 Å². The molecule has 1 unspecified atom stereocenters. The lowest BCUT2D eigenvalue weighted by molar-refractivity contribution is 0.477. The van der Waals surface area contributed by atoms with Crippen LogP contribution in [0.5, 0.6) is 0 Å². The Morgan fingerprint density at radius 3 is 2.41 bits per heavy atom. The smallest absolute Gasteiger partial charge is 0.0488 e. The van der Waals surface area contributed by atoms with Crippen molar-refractivity contribution >= 4 is 23.3 Å². The van der Waals surface area contributed by atoms with Gasteiger partial charge in [0.1, 0.15) is 0 Å². The summed E-state index contributed by atoms with van der Waals surface area (Å²) in [5.41, 5.74) is 5.92. The molecule has 2 aromatic carbocycles. The van der Waals surface area contributed by atoms with Crippen LogP contribution in [0, 0.1) is 0 Å². The molecule has 0 spiro atoms. The Balaban J connectivity index is 0.00000180. The van der Waals surface area contributed by atoms with Gasteiger partial charge in [-0.2, -0.15) is 0 Å². The highest BCUT2D eigenvalue weighted by molar-refractivity contribution is 5.86. The van der Waals surface area contributed by atoms with Gasteiger partial charge in [0.15, 0.2) is 0 Å². The average Bonchev–Trinajstić information content (AvgIpc) is 3.30. The van der Waals surface area contributed by atoms with Crippen LogP contribution in [-0.2, 0) is 19.5 Å². The predicted octanol–water partition coefficient (Wildman–Crippen LogP) is 6.03. The molecule has 1 atom stereocenters. The minimum absolute atomic E-state index is 0. The van der Waals surface area contributed by atoms with Crippen molar-refractivity contribution < 1.29 is 0 Å². The number of rotatable bonds is 4. The maximum absolute atomic E-state index is 2.57. The van der Waals surface area contributed by atoms with Gasteiger partial charge in [0, 0.05) is 48.0 Å². The number of para-hydroxylation sites is 1. The molecule has 0 fully saturated rings. The van der Waals surface area contributed by atoms with Gasteiger partial charge in [-0.3, -0.25) is 0 Å². The van der Waals surface area contributed by atoms with E-state index >= 15 is 0 Å². The molecule has 2 aromatic heterocycles. The topological polar surface area (TPSA) is 9.86 Å². The Morgan fingerprint density at radius 1 is 0.852 bits per heavy atom. The first-order chi connectivity index (χ1) is 12.9. The van der Waals surface area contributed by atoms with Gasteiger partial charge >= 0.3 is 0 Å². The molecular formula is C24H25ClN2. The lowest BCUT2D eigenvalue weighted by Crippen LogP contribution is -2.16. The molecule has 0 radical (unpaired) electrons. The first-order valence-electron chi connectivity index (χ1n) is 9.65. The Bertz CT molecular complexity index is 1020. The molecular weight excluding hydrogens is 352 g/mol. The van der Waals surface area contributed by atoms with Crippen LogP contribution in [0.25, 0.3) is 10.9 Å². The fourth-order valence-corrected chi connectivity index (χ4v) is 4.64. The zero-order valence-electron chi connectivity index (χ0n) is 15.4. The van der Waals surface area contributed by atoms with E-state index in [1.807, 2.05) is 0 Å². The first-order valence-corrected chi connectivity index (χ1v) is 9.65. The maximum Gasteiger partial charge on any atom is 0.0488 e. The van der Waals surface area contributed by atoms with E-state index < -0.39 is 0 Å². The van der Waals surface area contributed by atoms with Crippen molar-refractivity contribution in [1.82, 2.24) is 9.13 Å². The van der Waals surface area contributed by atoms with Gasteiger partial charge in [-0.15, -0.1) is 12.4 Å². The molecule has 0 amide bonds. The molecule has 0 bridgehead atoms. The SMILES string of the molecule is Cl.c1ccc(Cn2c3c(c4ccccc42)C(Cn2cccc2)CCC3)cc1. The van der Waals surface area contributed by atoms with Crippen LogP contribution < -0.4 is 0 Å². The second-order valence-electron chi connectivity index (χ2n) is 7.42. The Labute approximate surface area is 166 Å². The van der Waals surface area contributed by atoms with E-state index in [1.165, 1.54) is 35.7 Å². The monoisotopic (exact) mass is 376 g/mol. The fourth-order valence-electron chi connectivity index (χ4n) is 4.64. The zero-order chi connectivity index (χ0) is 17.3. The highest BCUT2D eigenvalue weighted by Gasteiger charge is 2.27. The molecule has 2 nitrogen and oxygen atoms in total. The van der Waals surface area contributed by atoms with Crippen LogP contribution >= 0.6 is 12.4 Å². The van der Waals surface area contributed by atoms with E-state index in [-0.39, 0.29) is 12.4 Å². The first kappa shape index (κ1) is 17.9.